The van der Waals surface area contributed by atoms with E-state index in [0.717, 1.165) is 51.1 Å². The molecule has 0 saturated carbocycles. The van der Waals surface area contributed by atoms with Gasteiger partial charge in [-0.1, -0.05) is 0 Å². The van der Waals surface area contributed by atoms with Crippen molar-refractivity contribution >= 4 is 22.9 Å². The number of nitrogens with zero attached hydrogens (tertiary/aromatic N) is 2. The maximum atomic E-state index is 13.7. The summed E-state index contributed by atoms with van der Waals surface area (Å²) in [6, 6.07) is 4.53. The molecule has 22 heavy (non-hydrogen) atoms. The highest BCUT2D eigenvalue weighted by molar-refractivity contribution is 6.00. The molecule has 2 aromatic rings. The van der Waals surface area contributed by atoms with Gasteiger partial charge in [0.05, 0.1) is 30.0 Å². The molecule has 3 heterocycles. The number of fused-ring (bicyclic) bond motifs is 1. The lowest BCUT2D eigenvalue weighted by molar-refractivity contribution is -0.124. The standard InChI is InChI=1S/C17H17FN2O2/c18-13-1-2-15-14(7-13)16(12(9-21)8-19-15)20-5-3-17(4-6-20)10-22-11-17/h1-2,7-9H,3-6,10-11H2. The summed E-state index contributed by atoms with van der Waals surface area (Å²) in [5, 5.41) is 0.713. The minimum Gasteiger partial charge on any atom is -0.380 e. The average molecular weight is 300 g/mol. The molecule has 0 radical (unpaired) electrons. The van der Waals surface area contributed by atoms with Crippen LogP contribution in [0.2, 0.25) is 0 Å². The molecule has 4 nitrogen and oxygen atoms in total. The van der Waals surface area contributed by atoms with Gasteiger partial charge in [-0.25, -0.2) is 4.39 Å². The minimum atomic E-state index is -0.306. The van der Waals surface area contributed by atoms with Crippen LogP contribution in [0, 0.1) is 11.2 Å². The summed E-state index contributed by atoms with van der Waals surface area (Å²) in [4.78, 5) is 17.9. The van der Waals surface area contributed by atoms with Crippen molar-refractivity contribution in [2.24, 2.45) is 5.41 Å². The minimum absolute atomic E-state index is 0.306. The van der Waals surface area contributed by atoms with Crippen LogP contribution in [0.4, 0.5) is 10.1 Å². The Balaban J connectivity index is 1.76. The van der Waals surface area contributed by atoms with Crippen molar-refractivity contribution in [3.8, 4) is 0 Å². The Kier molecular flexibility index (Phi) is 3.11. The number of halogens is 1. The number of aldehydes is 1. The molecule has 2 saturated heterocycles. The molecule has 1 spiro atoms. The van der Waals surface area contributed by atoms with E-state index in [1.165, 1.54) is 12.1 Å². The summed E-state index contributed by atoms with van der Waals surface area (Å²) in [5.41, 5.74) is 2.38. The molecule has 5 heteroatoms. The molecule has 4 rings (SSSR count). The number of carbonyl (C=O) groups excluding carboxylic acids is 1. The zero-order chi connectivity index (χ0) is 15.2. The second kappa shape index (κ2) is 5.02. The van der Waals surface area contributed by atoms with E-state index in [-0.39, 0.29) is 5.82 Å². The predicted molar refractivity (Wildman–Crippen MR) is 81.8 cm³/mol. The number of benzene rings is 1. The smallest absolute Gasteiger partial charge is 0.153 e. The highest BCUT2D eigenvalue weighted by Crippen LogP contribution is 2.41. The molecule has 2 fully saturated rings. The van der Waals surface area contributed by atoms with Gasteiger partial charge in [-0.3, -0.25) is 9.78 Å². The van der Waals surface area contributed by atoms with Crippen molar-refractivity contribution in [2.45, 2.75) is 12.8 Å². The third-order valence-corrected chi connectivity index (χ3v) is 4.91. The fraction of sp³-hybridized carbons (Fsp3) is 0.412. The molecular weight excluding hydrogens is 283 g/mol. The van der Waals surface area contributed by atoms with Gasteiger partial charge in [-0.15, -0.1) is 0 Å². The molecule has 0 atom stereocenters. The molecular formula is C17H17FN2O2. The van der Waals surface area contributed by atoms with Crippen LogP contribution < -0.4 is 4.90 Å². The van der Waals surface area contributed by atoms with Gasteiger partial charge in [-0.05, 0) is 31.0 Å². The Morgan fingerprint density at radius 3 is 2.68 bits per heavy atom. The summed E-state index contributed by atoms with van der Waals surface area (Å²) >= 11 is 0. The Labute approximate surface area is 127 Å². The normalized spacial score (nSPS) is 20.1. The van der Waals surface area contributed by atoms with Crippen LogP contribution in [0.1, 0.15) is 23.2 Å². The molecule has 0 N–H and O–H groups in total. The lowest BCUT2D eigenvalue weighted by atomic mass is 9.76. The van der Waals surface area contributed by atoms with Crippen molar-refractivity contribution < 1.29 is 13.9 Å². The molecule has 114 valence electrons. The van der Waals surface area contributed by atoms with E-state index >= 15 is 0 Å². The molecule has 0 amide bonds. The fourth-order valence-corrected chi connectivity index (χ4v) is 3.49. The third-order valence-electron chi connectivity index (χ3n) is 4.91. The number of pyridine rings is 1. The molecule has 1 aromatic carbocycles. The van der Waals surface area contributed by atoms with Crippen molar-refractivity contribution in [3.05, 3.63) is 35.8 Å². The largest absolute Gasteiger partial charge is 0.380 e. The number of anilines is 1. The van der Waals surface area contributed by atoms with Crippen LogP contribution in [-0.2, 0) is 4.74 Å². The first-order valence-electron chi connectivity index (χ1n) is 7.57. The van der Waals surface area contributed by atoms with Crippen LogP contribution in [-0.4, -0.2) is 37.6 Å². The van der Waals surface area contributed by atoms with Gasteiger partial charge < -0.3 is 9.64 Å². The van der Waals surface area contributed by atoms with Gasteiger partial charge in [0.25, 0.3) is 0 Å². The molecule has 2 aliphatic heterocycles. The highest BCUT2D eigenvalue weighted by atomic mass is 19.1. The summed E-state index contributed by atoms with van der Waals surface area (Å²) in [7, 11) is 0. The van der Waals surface area contributed by atoms with Crippen LogP contribution in [0.25, 0.3) is 10.9 Å². The first-order chi connectivity index (χ1) is 10.7. The molecule has 1 aromatic heterocycles. The third kappa shape index (κ3) is 2.08. The van der Waals surface area contributed by atoms with Crippen molar-refractivity contribution in [1.82, 2.24) is 4.98 Å². The van der Waals surface area contributed by atoms with Gasteiger partial charge in [0, 0.05) is 30.1 Å². The van der Waals surface area contributed by atoms with E-state index in [1.807, 2.05) is 0 Å². The number of carbonyl (C=O) groups is 1. The predicted octanol–water partition coefficient (Wildman–Crippen LogP) is 2.80. The van der Waals surface area contributed by atoms with Gasteiger partial charge >= 0.3 is 0 Å². The Hall–Kier alpha value is -2.01. The van der Waals surface area contributed by atoms with Gasteiger partial charge in [0.1, 0.15) is 5.82 Å². The second-order valence-corrected chi connectivity index (χ2v) is 6.32. The van der Waals surface area contributed by atoms with Crippen LogP contribution in [0.3, 0.4) is 0 Å². The van der Waals surface area contributed by atoms with E-state index in [0.29, 0.717) is 21.9 Å². The average Bonchev–Trinajstić information content (AvgIpc) is 2.52. The summed E-state index contributed by atoms with van der Waals surface area (Å²) < 4.78 is 19.0. The molecule has 2 aliphatic rings. The summed E-state index contributed by atoms with van der Waals surface area (Å²) in [6.07, 6.45) is 4.48. The molecule has 0 unspecified atom stereocenters. The number of hydrogen-bond donors (Lipinski definition) is 0. The fourth-order valence-electron chi connectivity index (χ4n) is 3.49. The van der Waals surface area contributed by atoms with E-state index in [2.05, 4.69) is 9.88 Å². The zero-order valence-electron chi connectivity index (χ0n) is 12.2. The Bertz CT molecular complexity index is 733. The van der Waals surface area contributed by atoms with E-state index in [1.54, 1.807) is 12.3 Å². The van der Waals surface area contributed by atoms with Crippen molar-refractivity contribution in [2.75, 3.05) is 31.2 Å². The monoisotopic (exact) mass is 300 g/mol. The maximum Gasteiger partial charge on any atom is 0.153 e. The lowest BCUT2D eigenvalue weighted by Crippen LogP contribution is -2.51. The highest BCUT2D eigenvalue weighted by Gasteiger charge is 2.41. The van der Waals surface area contributed by atoms with E-state index < -0.39 is 0 Å². The van der Waals surface area contributed by atoms with Crippen LogP contribution in [0.5, 0.6) is 0 Å². The Morgan fingerprint density at radius 2 is 2.05 bits per heavy atom. The SMILES string of the molecule is O=Cc1cnc2ccc(F)cc2c1N1CCC2(CC1)COC2. The van der Waals surface area contributed by atoms with Crippen molar-refractivity contribution in [1.29, 1.82) is 0 Å². The first-order valence-corrected chi connectivity index (χ1v) is 7.57. The summed E-state index contributed by atoms with van der Waals surface area (Å²) in [6.45, 7) is 3.40. The van der Waals surface area contributed by atoms with Crippen LogP contribution in [0.15, 0.2) is 24.4 Å². The van der Waals surface area contributed by atoms with Gasteiger partial charge in [0.2, 0.25) is 0 Å². The number of aromatic nitrogens is 1. The van der Waals surface area contributed by atoms with Gasteiger partial charge in [0.15, 0.2) is 6.29 Å². The quantitative estimate of drug-likeness (QED) is 0.800. The topological polar surface area (TPSA) is 42.4 Å². The van der Waals surface area contributed by atoms with E-state index in [4.69, 9.17) is 4.74 Å². The molecule has 0 bridgehead atoms. The zero-order valence-corrected chi connectivity index (χ0v) is 12.2. The molecule has 0 aliphatic carbocycles. The summed E-state index contributed by atoms with van der Waals surface area (Å²) in [5.74, 6) is -0.306. The van der Waals surface area contributed by atoms with Crippen LogP contribution >= 0.6 is 0 Å². The number of rotatable bonds is 2. The lowest BCUT2D eigenvalue weighted by Gasteiger charge is -2.48. The Morgan fingerprint density at radius 1 is 1.27 bits per heavy atom. The first kappa shape index (κ1) is 13.6. The van der Waals surface area contributed by atoms with Gasteiger partial charge in [-0.2, -0.15) is 0 Å². The number of ether oxygens (including phenoxy) is 1. The van der Waals surface area contributed by atoms with Crippen molar-refractivity contribution in [3.63, 3.8) is 0 Å². The van der Waals surface area contributed by atoms with E-state index in [9.17, 15) is 9.18 Å². The maximum absolute atomic E-state index is 13.7. The number of hydrogen-bond acceptors (Lipinski definition) is 4. The number of piperidine rings is 1. The second-order valence-electron chi connectivity index (χ2n) is 6.32.